The standard InChI is InChI=1S/C71H129NO10/c1-3-5-7-9-11-13-14-15-36-39-43-47-51-55-59-67(76)80-60-56-52-48-44-40-37-34-32-30-28-26-24-22-20-18-16-17-19-21-23-25-27-29-31-33-35-38-42-46-50-54-58-66(75)72-63(64(74)57-53-49-45-41-12-10-8-6-4-2)62-81-71-70(79)69(78)68(77)65(61-73)82-71/h4,6,12,18,20,24,26,41,53,57,63-65,68-71,73-74,77-79H,3,5,7-11,13-17,19,21-23,25,27-40,42-52,54-56,58-62H2,1-2H3,(H,72,75)/b6-4+,20-18-,26-24-,41-12+,57-53+. The van der Waals surface area contributed by atoms with Crippen molar-refractivity contribution in [3.63, 3.8) is 0 Å². The van der Waals surface area contributed by atoms with Gasteiger partial charge in [0.05, 0.1) is 32.0 Å². The zero-order valence-corrected chi connectivity index (χ0v) is 52.9. The maximum Gasteiger partial charge on any atom is 0.305 e. The van der Waals surface area contributed by atoms with Crippen molar-refractivity contribution >= 4 is 11.9 Å². The van der Waals surface area contributed by atoms with E-state index in [1.165, 1.54) is 218 Å². The number of carbonyl (C=O) groups is 2. The van der Waals surface area contributed by atoms with Crippen molar-refractivity contribution < 1.29 is 49.3 Å². The van der Waals surface area contributed by atoms with E-state index in [2.05, 4.69) is 54.8 Å². The van der Waals surface area contributed by atoms with Crippen molar-refractivity contribution in [1.29, 1.82) is 0 Å². The molecule has 6 N–H and O–H groups in total. The monoisotopic (exact) mass is 1160 g/mol. The second kappa shape index (κ2) is 60.1. The minimum Gasteiger partial charge on any atom is -0.466 e. The van der Waals surface area contributed by atoms with Gasteiger partial charge in [-0.25, -0.2) is 0 Å². The Hall–Kier alpha value is -2.64. The Bertz CT molecular complexity index is 1550. The first-order valence-electron chi connectivity index (χ1n) is 34.5. The molecule has 1 amide bonds. The van der Waals surface area contributed by atoms with Gasteiger partial charge in [-0.15, -0.1) is 0 Å². The van der Waals surface area contributed by atoms with Crippen LogP contribution in [0.15, 0.2) is 60.8 Å². The van der Waals surface area contributed by atoms with Crippen molar-refractivity contribution in [3.8, 4) is 0 Å². The predicted octanol–water partition coefficient (Wildman–Crippen LogP) is 17.3. The molecule has 0 bridgehead atoms. The van der Waals surface area contributed by atoms with Gasteiger partial charge < -0.3 is 45.1 Å². The minimum atomic E-state index is -1.58. The van der Waals surface area contributed by atoms with Crippen LogP contribution >= 0.6 is 0 Å². The van der Waals surface area contributed by atoms with E-state index in [1.54, 1.807) is 6.08 Å². The quantitative estimate of drug-likeness (QED) is 0.0195. The molecule has 0 aromatic rings. The van der Waals surface area contributed by atoms with Crippen LogP contribution in [-0.4, -0.2) is 100 Å². The van der Waals surface area contributed by atoms with Gasteiger partial charge >= 0.3 is 5.97 Å². The van der Waals surface area contributed by atoms with Gasteiger partial charge in [0.25, 0.3) is 0 Å². The highest BCUT2D eigenvalue weighted by Gasteiger charge is 2.44. The fourth-order valence-corrected chi connectivity index (χ4v) is 10.7. The minimum absolute atomic E-state index is 0.00680. The van der Waals surface area contributed by atoms with E-state index in [0.717, 1.165) is 70.6 Å². The summed E-state index contributed by atoms with van der Waals surface area (Å²) in [5.41, 5.74) is 0. The lowest BCUT2D eigenvalue weighted by atomic mass is 9.99. The number of allylic oxidation sites excluding steroid dienone is 9. The topological polar surface area (TPSA) is 175 Å². The normalized spacial score (nSPS) is 18.5. The highest BCUT2D eigenvalue weighted by atomic mass is 16.7. The van der Waals surface area contributed by atoms with Crippen molar-refractivity contribution in [2.75, 3.05) is 19.8 Å². The number of hydrogen-bond donors (Lipinski definition) is 6. The number of hydrogen-bond acceptors (Lipinski definition) is 10. The smallest absolute Gasteiger partial charge is 0.305 e. The largest absolute Gasteiger partial charge is 0.466 e. The fraction of sp³-hybridized carbons (Fsp3) is 0.831. The Labute approximate surface area is 503 Å². The number of amides is 1. The zero-order valence-electron chi connectivity index (χ0n) is 52.9. The Morgan fingerprint density at radius 1 is 0.476 bits per heavy atom. The summed E-state index contributed by atoms with van der Waals surface area (Å²) in [6, 6.07) is -0.834. The van der Waals surface area contributed by atoms with Gasteiger partial charge in [-0.05, 0) is 84.0 Å². The van der Waals surface area contributed by atoms with Crippen molar-refractivity contribution in [3.05, 3.63) is 60.8 Å². The van der Waals surface area contributed by atoms with Gasteiger partial charge in [-0.2, -0.15) is 0 Å². The predicted molar refractivity (Wildman–Crippen MR) is 343 cm³/mol. The molecule has 0 radical (unpaired) electrons. The van der Waals surface area contributed by atoms with E-state index in [9.17, 15) is 35.1 Å². The molecule has 7 unspecified atom stereocenters. The van der Waals surface area contributed by atoms with Gasteiger partial charge in [-0.3, -0.25) is 9.59 Å². The lowest BCUT2D eigenvalue weighted by molar-refractivity contribution is -0.302. The van der Waals surface area contributed by atoms with Gasteiger partial charge in [-0.1, -0.05) is 280 Å². The van der Waals surface area contributed by atoms with Gasteiger partial charge in [0.2, 0.25) is 5.91 Å². The van der Waals surface area contributed by atoms with Gasteiger partial charge in [0.15, 0.2) is 6.29 Å². The number of rotatable bonds is 60. The summed E-state index contributed by atoms with van der Waals surface area (Å²) < 4.78 is 16.7. The van der Waals surface area contributed by atoms with Crippen LogP contribution < -0.4 is 5.32 Å². The number of aliphatic hydroxyl groups is 5. The lowest BCUT2D eigenvalue weighted by Gasteiger charge is -2.40. The lowest BCUT2D eigenvalue weighted by Crippen LogP contribution is -2.60. The number of ether oxygens (including phenoxy) is 3. The molecule has 1 heterocycles. The average molecular weight is 1160 g/mol. The first-order valence-corrected chi connectivity index (χ1v) is 34.5. The first-order chi connectivity index (χ1) is 40.2. The van der Waals surface area contributed by atoms with Crippen LogP contribution in [0, 0.1) is 0 Å². The van der Waals surface area contributed by atoms with Crippen LogP contribution in [0.5, 0.6) is 0 Å². The Morgan fingerprint density at radius 2 is 0.878 bits per heavy atom. The molecular formula is C71H129NO10. The Kier molecular flexibility index (Phi) is 56.7. The van der Waals surface area contributed by atoms with E-state index in [0.29, 0.717) is 19.4 Å². The summed E-state index contributed by atoms with van der Waals surface area (Å²) in [4.78, 5) is 25.1. The summed E-state index contributed by atoms with van der Waals surface area (Å²) in [5, 5.41) is 54.2. The number of esters is 1. The van der Waals surface area contributed by atoms with Crippen LogP contribution in [-0.2, 0) is 23.8 Å². The molecule has 1 aliphatic heterocycles. The van der Waals surface area contributed by atoms with Gasteiger partial charge in [0.1, 0.15) is 24.4 Å². The third-order valence-electron chi connectivity index (χ3n) is 16.2. The highest BCUT2D eigenvalue weighted by molar-refractivity contribution is 5.76. The molecule has 0 aromatic heterocycles. The second-order valence-corrected chi connectivity index (χ2v) is 23.9. The molecule has 1 saturated heterocycles. The van der Waals surface area contributed by atoms with Crippen LogP contribution in [0.3, 0.4) is 0 Å². The molecule has 1 aliphatic rings. The van der Waals surface area contributed by atoms with E-state index in [-0.39, 0.29) is 18.5 Å². The van der Waals surface area contributed by atoms with Crippen molar-refractivity contribution in [2.24, 2.45) is 0 Å². The molecule has 0 aromatic carbocycles. The number of carbonyl (C=O) groups excluding carboxylic acids is 2. The molecule has 0 spiro atoms. The highest BCUT2D eigenvalue weighted by Crippen LogP contribution is 2.23. The zero-order chi connectivity index (χ0) is 59.5. The average Bonchev–Trinajstić information content (AvgIpc) is 3.58. The molecule has 1 fully saturated rings. The maximum atomic E-state index is 13.0. The SMILES string of the molecule is C/C=C/CC/C=C/CC/C=C/C(O)C(COC1OC(CO)C(O)C(O)C1O)NC(=O)CCCCCCCCCCCCCCCCC/C=C\C/C=C\CCCCCCCCCCCOC(=O)CCCCCCCCCCCCCCCC. The number of nitrogens with one attached hydrogen (secondary N) is 1. The fourth-order valence-electron chi connectivity index (χ4n) is 10.7. The number of aliphatic hydroxyl groups excluding tert-OH is 5. The second-order valence-electron chi connectivity index (χ2n) is 23.9. The molecule has 11 heteroatoms. The molecule has 11 nitrogen and oxygen atoms in total. The molecule has 7 atom stereocenters. The van der Waals surface area contributed by atoms with E-state index >= 15 is 0 Å². The molecule has 0 saturated carbocycles. The Morgan fingerprint density at radius 3 is 1.34 bits per heavy atom. The third-order valence-corrected chi connectivity index (χ3v) is 16.2. The van der Waals surface area contributed by atoms with E-state index in [1.807, 2.05) is 19.1 Å². The molecule has 0 aliphatic carbocycles. The van der Waals surface area contributed by atoms with E-state index in [4.69, 9.17) is 14.2 Å². The maximum absolute atomic E-state index is 13.0. The molecule has 82 heavy (non-hydrogen) atoms. The summed E-state index contributed by atoms with van der Waals surface area (Å²) in [5.74, 6) is -0.192. The van der Waals surface area contributed by atoms with Crippen LogP contribution in [0.4, 0.5) is 0 Å². The van der Waals surface area contributed by atoms with Crippen LogP contribution in [0.2, 0.25) is 0 Å². The molecule has 1 rings (SSSR count). The summed E-state index contributed by atoms with van der Waals surface area (Å²) in [6.07, 6.45) is 69.6. The van der Waals surface area contributed by atoms with Crippen LogP contribution in [0.1, 0.15) is 316 Å². The summed E-state index contributed by atoms with van der Waals surface area (Å²) >= 11 is 0. The van der Waals surface area contributed by atoms with Gasteiger partial charge in [0, 0.05) is 12.8 Å². The Balaban J connectivity index is 1.93. The van der Waals surface area contributed by atoms with Crippen molar-refractivity contribution in [2.45, 2.75) is 358 Å². The third kappa shape index (κ3) is 48.6. The molecular weight excluding hydrogens is 1030 g/mol. The summed E-state index contributed by atoms with van der Waals surface area (Å²) in [6.45, 7) is 4.11. The first kappa shape index (κ1) is 77.4. The van der Waals surface area contributed by atoms with Crippen molar-refractivity contribution in [1.82, 2.24) is 5.32 Å². The summed E-state index contributed by atoms with van der Waals surface area (Å²) in [7, 11) is 0. The number of unbranched alkanes of at least 4 members (excludes halogenated alkanes) is 39. The van der Waals surface area contributed by atoms with Crippen LogP contribution in [0.25, 0.3) is 0 Å². The molecule has 478 valence electrons. The van der Waals surface area contributed by atoms with E-state index < -0.39 is 49.5 Å².